The van der Waals surface area contributed by atoms with E-state index in [1.165, 1.54) is 4.57 Å². The summed E-state index contributed by atoms with van der Waals surface area (Å²) >= 11 is 3.36. The predicted octanol–water partition coefficient (Wildman–Crippen LogP) is 3.33. The Kier molecular flexibility index (Phi) is 2.14. The quantitative estimate of drug-likeness (QED) is 0.793. The van der Waals surface area contributed by atoms with E-state index in [0.29, 0.717) is 16.8 Å². The van der Waals surface area contributed by atoms with Gasteiger partial charge < -0.3 is 14.9 Å². The molecule has 0 radical (unpaired) electrons. The molecular weight excluding hydrogens is 310 g/mol. The van der Waals surface area contributed by atoms with Crippen molar-refractivity contribution in [2.45, 2.75) is 12.2 Å². The zero-order chi connectivity index (χ0) is 13.1. The molecule has 0 unspecified atom stereocenters. The molecule has 0 saturated carbocycles. The van der Waals surface area contributed by atoms with Gasteiger partial charge in [0.1, 0.15) is 12.2 Å². The lowest BCUT2D eigenvalue weighted by molar-refractivity contribution is 0.0842. The summed E-state index contributed by atoms with van der Waals surface area (Å²) in [4.78, 5) is 0. The highest BCUT2D eigenvalue weighted by molar-refractivity contribution is 9.10. The van der Waals surface area contributed by atoms with Crippen LogP contribution in [0.15, 0.2) is 40.9 Å². The number of rotatable bonds is 1. The third-order valence-corrected chi connectivity index (χ3v) is 4.13. The maximum Gasteiger partial charge on any atom is 0.205 e. The number of aromatic nitrogens is 1. The number of ether oxygens (including phenoxy) is 1. The molecule has 19 heavy (non-hydrogen) atoms. The van der Waals surface area contributed by atoms with Crippen molar-refractivity contribution in [3.63, 3.8) is 0 Å². The fourth-order valence-corrected chi connectivity index (χ4v) is 3.02. The first kappa shape index (κ1) is 11.1. The van der Waals surface area contributed by atoms with Crippen LogP contribution in [0.1, 0.15) is 23.3 Å². The lowest BCUT2D eigenvalue weighted by Gasteiger charge is -2.10. The van der Waals surface area contributed by atoms with Crippen LogP contribution >= 0.6 is 15.9 Å². The van der Waals surface area contributed by atoms with E-state index in [2.05, 4.69) is 15.9 Å². The summed E-state index contributed by atoms with van der Waals surface area (Å²) < 4.78 is 8.00. The number of halogens is 1. The zero-order valence-electron chi connectivity index (χ0n) is 9.75. The lowest BCUT2D eigenvalue weighted by Crippen LogP contribution is -1.96. The van der Waals surface area contributed by atoms with Crippen LogP contribution in [0.5, 0.6) is 11.8 Å². The molecule has 96 valence electrons. The van der Waals surface area contributed by atoms with Gasteiger partial charge in [0.05, 0.1) is 16.8 Å². The van der Waals surface area contributed by atoms with Gasteiger partial charge in [0.15, 0.2) is 0 Å². The van der Waals surface area contributed by atoms with Crippen LogP contribution in [-0.2, 0) is 4.74 Å². The SMILES string of the molecule is Oc1c2c(c(O)n1-c1ccc(Br)cc1)[C@H]1C=C[C@@H]2O1. The number of fused-ring (bicyclic) bond motifs is 5. The molecule has 0 amide bonds. The molecule has 2 bridgehead atoms. The standard InChI is InChI=1S/C14H10BrNO3/c15-7-1-3-8(4-2-7)16-13(17)11-9-5-6-10(19-9)12(11)14(16)18/h1-6,9-10,17-18H/t9-,10+. The molecular formula is C14H10BrNO3. The van der Waals surface area contributed by atoms with Crippen molar-refractivity contribution < 1.29 is 14.9 Å². The molecule has 0 spiro atoms. The zero-order valence-corrected chi connectivity index (χ0v) is 11.3. The average Bonchev–Trinajstić information content (AvgIpc) is 3.06. The van der Waals surface area contributed by atoms with Crippen LogP contribution in [0, 0.1) is 0 Å². The molecule has 2 N–H and O–H groups in total. The molecule has 5 heteroatoms. The summed E-state index contributed by atoms with van der Waals surface area (Å²) in [6.45, 7) is 0. The molecule has 0 saturated heterocycles. The number of hydrogen-bond acceptors (Lipinski definition) is 3. The van der Waals surface area contributed by atoms with E-state index in [1.54, 1.807) is 0 Å². The first-order chi connectivity index (χ1) is 9.16. The van der Waals surface area contributed by atoms with Gasteiger partial charge in [0, 0.05) is 4.47 Å². The van der Waals surface area contributed by atoms with Crippen LogP contribution in [-0.4, -0.2) is 14.8 Å². The topological polar surface area (TPSA) is 54.6 Å². The summed E-state index contributed by atoms with van der Waals surface area (Å²) in [5.41, 5.74) is 2.06. The molecule has 1 aromatic heterocycles. The highest BCUT2D eigenvalue weighted by Crippen LogP contribution is 2.55. The summed E-state index contributed by atoms with van der Waals surface area (Å²) in [5, 5.41) is 20.7. The number of nitrogens with zero attached hydrogens (tertiary/aromatic N) is 1. The van der Waals surface area contributed by atoms with E-state index in [-0.39, 0.29) is 24.0 Å². The molecule has 4 nitrogen and oxygen atoms in total. The van der Waals surface area contributed by atoms with Crippen molar-refractivity contribution in [1.82, 2.24) is 4.57 Å². The molecule has 4 rings (SSSR count). The average molecular weight is 320 g/mol. The summed E-state index contributed by atoms with van der Waals surface area (Å²) in [5.74, 6) is 0.0957. The fraction of sp³-hybridized carbons (Fsp3) is 0.143. The van der Waals surface area contributed by atoms with Crippen LogP contribution in [0.2, 0.25) is 0 Å². The molecule has 2 atom stereocenters. The third kappa shape index (κ3) is 1.37. The molecule has 2 aromatic rings. The fourth-order valence-electron chi connectivity index (χ4n) is 2.76. The van der Waals surface area contributed by atoms with Gasteiger partial charge in [0.25, 0.3) is 0 Å². The van der Waals surface area contributed by atoms with Crippen molar-refractivity contribution in [3.05, 3.63) is 52.0 Å². The lowest BCUT2D eigenvalue weighted by atomic mass is 10.0. The van der Waals surface area contributed by atoms with Crippen molar-refractivity contribution in [2.75, 3.05) is 0 Å². The van der Waals surface area contributed by atoms with E-state index in [4.69, 9.17) is 4.74 Å². The van der Waals surface area contributed by atoms with Crippen LogP contribution in [0.3, 0.4) is 0 Å². The third-order valence-electron chi connectivity index (χ3n) is 3.60. The Morgan fingerprint density at radius 3 is 2.00 bits per heavy atom. The summed E-state index contributed by atoms with van der Waals surface area (Å²) in [6.07, 6.45) is 3.31. The minimum absolute atomic E-state index is 0.0478. The second-order valence-corrected chi connectivity index (χ2v) is 5.56. The second kappa shape index (κ2) is 3.65. The summed E-state index contributed by atoms with van der Waals surface area (Å²) in [7, 11) is 0. The number of hydrogen-bond donors (Lipinski definition) is 2. The number of aromatic hydroxyl groups is 2. The van der Waals surface area contributed by atoms with Gasteiger partial charge in [-0.15, -0.1) is 0 Å². The minimum atomic E-state index is -0.248. The summed E-state index contributed by atoms with van der Waals surface area (Å²) in [6, 6.07) is 7.38. The first-order valence-electron chi connectivity index (χ1n) is 5.93. The minimum Gasteiger partial charge on any atom is -0.494 e. The van der Waals surface area contributed by atoms with Gasteiger partial charge in [-0.25, -0.2) is 0 Å². The molecule has 0 aliphatic carbocycles. The predicted molar refractivity (Wildman–Crippen MR) is 72.5 cm³/mol. The largest absolute Gasteiger partial charge is 0.494 e. The highest BCUT2D eigenvalue weighted by atomic mass is 79.9. The number of benzene rings is 1. The van der Waals surface area contributed by atoms with Crippen LogP contribution < -0.4 is 0 Å². The Bertz CT molecular complexity index is 667. The van der Waals surface area contributed by atoms with Gasteiger partial charge in [-0.2, -0.15) is 0 Å². The normalized spacial score (nSPS) is 23.0. The molecule has 2 aliphatic heterocycles. The van der Waals surface area contributed by atoms with Gasteiger partial charge >= 0.3 is 0 Å². The van der Waals surface area contributed by atoms with Crippen molar-refractivity contribution in [3.8, 4) is 17.4 Å². The van der Waals surface area contributed by atoms with Crippen molar-refractivity contribution in [2.24, 2.45) is 0 Å². The Labute approximate surface area is 117 Å². The highest BCUT2D eigenvalue weighted by Gasteiger charge is 2.42. The van der Waals surface area contributed by atoms with E-state index < -0.39 is 0 Å². The van der Waals surface area contributed by atoms with E-state index in [1.807, 2.05) is 36.4 Å². The molecule has 1 aromatic carbocycles. The van der Waals surface area contributed by atoms with E-state index >= 15 is 0 Å². The van der Waals surface area contributed by atoms with E-state index in [9.17, 15) is 10.2 Å². The van der Waals surface area contributed by atoms with Crippen molar-refractivity contribution >= 4 is 15.9 Å². The Morgan fingerprint density at radius 2 is 1.47 bits per heavy atom. The van der Waals surface area contributed by atoms with Gasteiger partial charge in [0.2, 0.25) is 11.8 Å². The maximum absolute atomic E-state index is 10.4. The maximum atomic E-state index is 10.4. The molecule has 3 heterocycles. The van der Waals surface area contributed by atoms with Crippen LogP contribution in [0.25, 0.3) is 5.69 Å². The Balaban J connectivity index is 1.94. The Morgan fingerprint density at radius 1 is 0.947 bits per heavy atom. The molecule has 2 aliphatic rings. The van der Waals surface area contributed by atoms with Crippen LogP contribution in [0.4, 0.5) is 0 Å². The van der Waals surface area contributed by atoms with E-state index in [0.717, 1.165) is 4.47 Å². The van der Waals surface area contributed by atoms with Gasteiger partial charge in [-0.3, -0.25) is 4.57 Å². The van der Waals surface area contributed by atoms with Gasteiger partial charge in [-0.1, -0.05) is 28.1 Å². The molecule has 0 fully saturated rings. The second-order valence-electron chi connectivity index (χ2n) is 4.65. The van der Waals surface area contributed by atoms with Gasteiger partial charge in [-0.05, 0) is 24.3 Å². The first-order valence-corrected chi connectivity index (χ1v) is 6.72. The Hall–Kier alpha value is -1.72. The smallest absolute Gasteiger partial charge is 0.205 e. The monoisotopic (exact) mass is 319 g/mol. The van der Waals surface area contributed by atoms with Crippen molar-refractivity contribution in [1.29, 1.82) is 0 Å².